The molecule has 3 fully saturated rings. The molecule has 2 saturated carbocycles. The molecule has 0 aromatic heterocycles. The third-order valence-electron chi connectivity index (χ3n) is 9.17. The van der Waals surface area contributed by atoms with E-state index in [1.54, 1.807) is 0 Å². The Labute approximate surface area is 194 Å². The molecule has 3 aliphatic carbocycles. The van der Waals surface area contributed by atoms with E-state index in [9.17, 15) is 14.4 Å². The number of ether oxygens (including phenoxy) is 1. The largest absolute Gasteiger partial charge is 0.490 e. The monoisotopic (exact) mass is 445 g/mol. The summed E-state index contributed by atoms with van der Waals surface area (Å²) < 4.78 is 6.72. The van der Waals surface area contributed by atoms with E-state index in [4.69, 9.17) is 4.74 Å². The Hall–Kier alpha value is -2.69. The van der Waals surface area contributed by atoms with Gasteiger partial charge in [0.05, 0.1) is 5.92 Å². The molecule has 2 bridgehead atoms. The fourth-order valence-electron chi connectivity index (χ4n) is 7.69. The number of allylic oxidation sites excluding steroid dienone is 3. The number of Topliss-reactive ketones (excluding diaryl/α,β-unsaturated/α-hetero) is 1. The summed E-state index contributed by atoms with van der Waals surface area (Å²) >= 11 is 0. The summed E-state index contributed by atoms with van der Waals surface area (Å²) in [6.07, 6.45) is 9.95. The number of imide groups is 1. The molecule has 1 aromatic rings. The molecule has 6 aliphatic rings. The molecule has 2 amide bonds. The van der Waals surface area contributed by atoms with Gasteiger partial charge in [-0.1, -0.05) is 43.7 Å². The molecule has 10 atom stereocenters. The van der Waals surface area contributed by atoms with Crippen molar-refractivity contribution in [2.45, 2.75) is 38.7 Å². The van der Waals surface area contributed by atoms with Crippen LogP contribution in [0.5, 0.6) is 5.75 Å². The standard InChI is InChI=1S/C28H31NO4/c1-3-16-7-11-18-20-12-14(2)4-10-19(20)26-23(18)22(16)25(30)24-21(27(31)29-28(24)32)13-15-5-8-17(33-26)9-6-15/h3,5-9,11,14,16,18-24,26H,1,4,10,12-13H2,2H3,(H,29,31,32)/t14-,16+,18+,19-,20?,21+,22+,23?,24-,26+/m1/s1. The average molecular weight is 446 g/mol. The summed E-state index contributed by atoms with van der Waals surface area (Å²) in [6, 6.07) is 7.89. The van der Waals surface area contributed by atoms with Crippen LogP contribution in [0.25, 0.3) is 0 Å². The minimum atomic E-state index is -0.946. The van der Waals surface area contributed by atoms with Crippen LogP contribution in [0, 0.1) is 53.3 Å². The van der Waals surface area contributed by atoms with Crippen LogP contribution in [-0.2, 0) is 20.8 Å². The summed E-state index contributed by atoms with van der Waals surface area (Å²) in [5.41, 5.74) is 0.935. The maximum atomic E-state index is 14.2. The topological polar surface area (TPSA) is 72.5 Å². The molecular weight excluding hydrogens is 414 g/mol. The zero-order valence-electron chi connectivity index (χ0n) is 19.0. The van der Waals surface area contributed by atoms with Gasteiger partial charge in [-0.3, -0.25) is 19.7 Å². The van der Waals surface area contributed by atoms with Crippen LogP contribution in [0.15, 0.2) is 49.1 Å². The predicted octanol–water partition coefficient (Wildman–Crippen LogP) is 3.73. The van der Waals surface area contributed by atoms with Gasteiger partial charge in [-0.15, -0.1) is 6.58 Å². The van der Waals surface area contributed by atoms with Crippen molar-refractivity contribution >= 4 is 17.6 Å². The number of carbonyl (C=O) groups is 3. The summed E-state index contributed by atoms with van der Waals surface area (Å²) in [7, 11) is 0. The second-order valence-corrected chi connectivity index (χ2v) is 10.9. The van der Waals surface area contributed by atoms with Crippen molar-refractivity contribution in [3.05, 3.63) is 54.6 Å². The maximum absolute atomic E-state index is 14.2. The van der Waals surface area contributed by atoms with Crippen molar-refractivity contribution in [1.29, 1.82) is 0 Å². The van der Waals surface area contributed by atoms with Crippen LogP contribution >= 0.6 is 0 Å². The van der Waals surface area contributed by atoms with Crippen LogP contribution in [0.3, 0.4) is 0 Å². The number of fused-ring (bicyclic) bond motifs is 4. The molecule has 172 valence electrons. The molecule has 1 saturated heterocycles. The molecule has 3 aliphatic heterocycles. The molecule has 7 rings (SSSR count). The zero-order valence-corrected chi connectivity index (χ0v) is 19.0. The Balaban J connectivity index is 1.51. The van der Waals surface area contributed by atoms with Gasteiger partial charge in [-0.25, -0.2) is 0 Å². The fourth-order valence-corrected chi connectivity index (χ4v) is 7.69. The number of ketones is 1. The second kappa shape index (κ2) is 7.68. The average Bonchev–Trinajstić information content (AvgIpc) is 3.25. The first-order chi connectivity index (χ1) is 16.0. The van der Waals surface area contributed by atoms with Gasteiger partial charge >= 0.3 is 0 Å². The Morgan fingerprint density at radius 3 is 2.58 bits per heavy atom. The van der Waals surface area contributed by atoms with E-state index in [1.165, 1.54) is 6.42 Å². The van der Waals surface area contributed by atoms with Crippen molar-refractivity contribution in [3.8, 4) is 5.75 Å². The predicted molar refractivity (Wildman–Crippen MR) is 123 cm³/mol. The summed E-state index contributed by atoms with van der Waals surface area (Å²) in [5, 5.41) is 2.46. The van der Waals surface area contributed by atoms with E-state index in [1.807, 2.05) is 30.3 Å². The molecule has 5 heteroatoms. The minimum Gasteiger partial charge on any atom is -0.490 e. The maximum Gasteiger partial charge on any atom is 0.237 e. The molecule has 1 N–H and O–H groups in total. The molecule has 1 aromatic carbocycles. The first-order valence-corrected chi connectivity index (χ1v) is 12.4. The summed E-state index contributed by atoms with van der Waals surface area (Å²) in [4.78, 5) is 39.9. The smallest absolute Gasteiger partial charge is 0.237 e. The van der Waals surface area contributed by atoms with Gasteiger partial charge < -0.3 is 4.74 Å². The van der Waals surface area contributed by atoms with Crippen LogP contribution in [-0.4, -0.2) is 23.7 Å². The Kier molecular flexibility index (Phi) is 4.86. The highest BCUT2D eigenvalue weighted by atomic mass is 16.5. The van der Waals surface area contributed by atoms with Gasteiger partial charge in [0.15, 0.2) is 5.78 Å². The number of carbonyl (C=O) groups excluding carboxylic acids is 3. The number of hydrogen-bond acceptors (Lipinski definition) is 4. The lowest BCUT2D eigenvalue weighted by Gasteiger charge is -2.39. The summed E-state index contributed by atoms with van der Waals surface area (Å²) in [5.74, 6) is -0.483. The summed E-state index contributed by atoms with van der Waals surface area (Å²) in [6.45, 7) is 6.35. The van der Waals surface area contributed by atoms with E-state index >= 15 is 0 Å². The normalized spacial score (nSPS) is 43.5. The highest BCUT2D eigenvalue weighted by Gasteiger charge is 2.60. The highest BCUT2D eigenvalue weighted by molar-refractivity contribution is 6.16. The van der Waals surface area contributed by atoms with Gasteiger partial charge in [-0.2, -0.15) is 0 Å². The number of nitrogens with one attached hydrogen (secondary N) is 1. The van der Waals surface area contributed by atoms with E-state index < -0.39 is 23.7 Å². The quantitative estimate of drug-likeness (QED) is 0.406. The van der Waals surface area contributed by atoms with Crippen molar-refractivity contribution in [1.82, 2.24) is 5.32 Å². The molecular formula is C28H31NO4. The fraction of sp³-hybridized carbons (Fsp3) is 0.536. The Bertz CT molecular complexity index is 1040. The number of benzene rings is 1. The molecule has 0 radical (unpaired) electrons. The van der Waals surface area contributed by atoms with Crippen molar-refractivity contribution in [3.63, 3.8) is 0 Å². The van der Waals surface area contributed by atoms with Crippen molar-refractivity contribution < 1.29 is 19.1 Å². The Morgan fingerprint density at radius 1 is 1.03 bits per heavy atom. The van der Waals surface area contributed by atoms with Crippen LogP contribution in [0.2, 0.25) is 0 Å². The van der Waals surface area contributed by atoms with E-state index in [2.05, 4.69) is 31.0 Å². The SMILES string of the molecule is C=C[C@H]1C=C[C@H]2C3C[C@H](C)CC[C@H]3[C@@H]3Oc4ccc(cc4)C[C@@H]4C(=O)NC(=O)[C@H]4C(=O)[C@@H]1C23. The lowest BCUT2D eigenvalue weighted by molar-refractivity contribution is -0.139. The van der Waals surface area contributed by atoms with Gasteiger partial charge in [-0.05, 0) is 60.6 Å². The third-order valence-corrected chi connectivity index (χ3v) is 9.17. The first-order valence-electron chi connectivity index (χ1n) is 12.4. The molecule has 3 heterocycles. The molecule has 33 heavy (non-hydrogen) atoms. The van der Waals surface area contributed by atoms with Gasteiger partial charge in [0.1, 0.15) is 17.8 Å². The van der Waals surface area contributed by atoms with Crippen LogP contribution in [0.1, 0.15) is 31.7 Å². The molecule has 5 nitrogen and oxygen atoms in total. The van der Waals surface area contributed by atoms with Gasteiger partial charge in [0.25, 0.3) is 0 Å². The van der Waals surface area contributed by atoms with Crippen LogP contribution in [0.4, 0.5) is 0 Å². The van der Waals surface area contributed by atoms with Gasteiger partial charge in [0, 0.05) is 17.8 Å². The van der Waals surface area contributed by atoms with E-state index in [-0.39, 0.29) is 35.5 Å². The van der Waals surface area contributed by atoms with Gasteiger partial charge in [0.2, 0.25) is 11.8 Å². The number of amides is 2. The second-order valence-electron chi connectivity index (χ2n) is 10.9. The lowest BCUT2D eigenvalue weighted by Crippen LogP contribution is -2.46. The van der Waals surface area contributed by atoms with Crippen molar-refractivity contribution in [2.24, 2.45) is 53.3 Å². The number of hydrogen-bond donors (Lipinski definition) is 1. The van der Waals surface area contributed by atoms with Crippen LogP contribution < -0.4 is 10.1 Å². The Morgan fingerprint density at radius 2 is 1.82 bits per heavy atom. The minimum absolute atomic E-state index is 0.0194. The first kappa shape index (κ1) is 20.9. The van der Waals surface area contributed by atoms with E-state index in [0.717, 1.165) is 24.2 Å². The number of rotatable bonds is 1. The zero-order chi connectivity index (χ0) is 22.9. The molecule has 2 unspecified atom stereocenters. The third kappa shape index (κ3) is 3.15. The molecule has 0 spiro atoms. The van der Waals surface area contributed by atoms with E-state index in [0.29, 0.717) is 24.2 Å². The highest BCUT2D eigenvalue weighted by Crippen LogP contribution is 2.58. The lowest BCUT2D eigenvalue weighted by atomic mass is 9.64. The van der Waals surface area contributed by atoms with Crippen molar-refractivity contribution in [2.75, 3.05) is 0 Å².